The molecule has 150 valence electrons. The molecule has 0 radical (unpaired) electrons. The van der Waals surface area contributed by atoms with Crippen LogP contribution < -0.4 is 14.8 Å². The van der Waals surface area contributed by atoms with Gasteiger partial charge in [-0.05, 0) is 49.5 Å². The molecule has 1 N–H and O–H groups in total. The van der Waals surface area contributed by atoms with Gasteiger partial charge in [-0.1, -0.05) is 11.2 Å². The predicted molar refractivity (Wildman–Crippen MR) is 109 cm³/mol. The fourth-order valence-corrected chi connectivity index (χ4v) is 4.40. The van der Waals surface area contributed by atoms with Gasteiger partial charge in [-0.2, -0.15) is 0 Å². The maximum atomic E-state index is 12.6. The standard InChI is InChI=1S/C21H21N3O4S/c25-21(22-15-3-4-17-18(10-15)27-13-26-17)14-5-7-24(8-6-14)12-16-11-19(28-23-16)20-2-1-9-29-20/h1-4,9-11,14H,5-8,12-13H2,(H,22,25). The van der Waals surface area contributed by atoms with Crippen LogP contribution in [0.3, 0.4) is 0 Å². The second-order valence-electron chi connectivity index (χ2n) is 7.27. The van der Waals surface area contributed by atoms with Crippen molar-refractivity contribution in [3.63, 3.8) is 0 Å². The Balaban J connectivity index is 1.13. The molecule has 2 aliphatic rings. The van der Waals surface area contributed by atoms with Gasteiger partial charge in [0.1, 0.15) is 0 Å². The highest BCUT2D eigenvalue weighted by molar-refractivity contribution is 7.13. The molecule has 1 aromatic carbocycles. The van der Waals surface area contributed by atoms with E-state index in [1.165, 1.54) is 0 Å². The average molecular weight is 411 g/mol. The fourth-order valence-electron chi connectivity index (χ4n) is 3.72. The topological polar surface area (TPSA) is 76.8 Å². The molecule has 0 saturated carbocycles. The molecule has 4 heterocycles. The summed E-state index contributed by atoms with van der Waals surface area (Å²) in [6.07, 6.45) is 1.65. The third-order valence-electron chi connectivity index (χ3n) is 5.31. The van der Waals surface area contributed by atoms with Crippen molar-refractivity contribution < 1.29 is 18.8 Å². The van der Waals surface area contributed by atoms with Crippen LogP contribution in [0.1, 0.15) is 18.5 Å². The number of benzene rings is 1. The Morgan fingerprint density at radius 2 is 2.03 bits per heavy atom. The van der Waals surface area contributed by atoms with Crippen LogP contribution in [0.4, 0.5) is 5.69 Å². The zero-order valence-corrected chi connectivity index (χ0v) is 16.6. The number of hydrogen-bond acceptors (Lipinski definition) is 7. The van der Waals surface area contributed by atoms with E-state index in [9.17, 15) is 4.79 Å². The number of nitrogens with zero attached hydrogens (tertiary/aromatic N) is 2. The minimum absolute atomic E-state index is 0.00987. The quantitative estimate of drug-likeness (QED) is 0.684. The number of piperidine rings is 1. The molecule has 2 aromatic heterocycles. The fraction of sp³-hybridized carbons (Fsp3) is 0.333. The summed E-state index contributed by atoms with van der Waals surface area (Å²) in [5.74, 6) is 2.27. The van der Waals surface area contributed by atoms with E-state index in [4.69, 9.17) is 14.0 Å². The van der Waals surface area contributed by atoms with Crippen LogP contribution in [0.15, 0.2) is 46.3 Å². The summed E-state index contributed by atoms with van der Waals surface area (Å²) in [5, 5.41) is 9.22. The largest absolute Gasteiger partial charge is 0.454 e. The molecule has 1 fully saturated rings. The predicted octanol–water partition coefficient (Wildman–Crippen LogP) is 3.98. The summed E-state index contributed by atoms with van der Waals surface area (Å²) in [6.45, 7) is 2.69. The van der Waals surface area contributed by atoms with Gasteiger partial charge in [0.05, 0.1) is 10.6 Å². The number of hydrogen-bond donors (Lipinski definition) is 1. The lowest BCUT2D eigenvalue weighted by Gasteiger charge is -2.30. The van der Waals surface area contributed by atoms with Gasteiger partial charge in [0.25, 0.3) is 0 Å². The molecule has 7 nitrogen and oxygen atoms in total. The summed E-state index contributed by atoms with van der Waals surface area (Å²) in [6, 6.07) is 11.5. The van der Waals surface area contributed by atoms with Gasteiger partial charge >= 0.3 is 0 Å². The van der Waals surface area contributed by atoms with E-state index in [1.54, 1.807) is 11.3 Å². The van der Waals surface area contributed by atoms with Crippen molar-refractivity contribution in [2.24, 2.45) is 5.92 Å². The molecule has 1 saturated heterocycles. The van der Waals surface area contributed by atoms with Gasteiger partial charge in [0.2, 0.25) is 12.7 Å². The summed E-state index contributed by atoms with van der Waals surface area (Å²) >= 11 is 1.64. The van der Waals surface area contributed by atoms with Gasteiger partial charge in [-0.15, -0.1) is 11.3 Å². The zero-order chi connectivity index (χ0) is 19.6. The number of rotatable bonds is 5. The lowest BCUT2D eigenvalue weighted by atomic mass is 9.95. The second-order valence-corrected chi connectivity index (χ2v) is 8.22. The first-order chi connectivity index (χ1) is 14.2. The Morgan fingerprint density at radius 1 is 1.17 bits per heavy atom. The van der Waals surface area contributed by atoms with Crippen LogP contribution in [0.25, 0.3) is 10.6 Å². The van der Waals surface area contributed by atoms with E-state index in [1.807, 2.05) is 41.8 Å². The molecule has 0 aliphatic carbocycles. The first-order valence-corrected chi connectivity index (χ1v) is 10.5. The number of aromatic nitrogens is 1. The molecule has 1 amide bonds. The molecular formula is C21H21N3O4S. The van der Waals surface area contributed by atoms with Crippen molar-refractivity contribution in [3.05, 3.63) is 47.5 Å². The maximum Gasteiger partial charge on any atom is 0.231 e. The third-order valence-corrected chi connectivity index (χ3v) is 6.19. The number of carbonyl (C=O) groups is 1. The molecule has 0 unspecified atom stereocenters. The van der Waals surface area contributed by atoms with Crippen LogP contribution in [-0.4, -0.2) is 35.8 Å². The minimum Gasteiger partial charge on any atom is -0.454 e. The molecule has 0 bridgehead atoms. The molecule has 5 rings (SSSR count). The van der Waals surface area contributed by atoms with Crippen LogP contribution in [-0.2, 0) is 11.3 Å². The molecule has 8 heteroatoms. The van der Waals surface area contributed by atoms with Crippen molar-refractivity contribution in [1.82, 2.24) is 10.1 Å². The second kappa shape index (κ2) is 7.88. The van der Waals surface area contributed by atoms with E-state index in [2.05, 4.69) is 15.4 Å². The zero-order valence-electron chi connectivity index (χ0n) is 15.8. The highest BCUT2D eigenvalue weighted by Gasteiger charge is 2.26. The molecule has 29 heavy (non-hydrogen) atoms. The third kappa shape index (κ3) is 3.99. The number of fused-ring (bicyclic) bond motifs is 1. The number of nitrogens with one attached hydrogen (secondary N) is 1. The molecule has 2 aliphatic heterocycles. The number of carbonyl (C=O) groups excluding carboxylic acids is 1. The van der Waals surface area contributed by atoms with Gasteiger partial charge in [-0.3, -0.25) is 9.69 Å². The monoisotopic (exact) mass is 411 g/mol. The maximum absolute atomic E-state index is 12.6. The average Bonchev–Trinajstić information content (AvgIpc) is 3.49. The van der Waals surface area contributed by atoms with Crippen molar-refractivity contribution in [2.75, 3.05) is 25.2 Å². The molecular weight excluding hydrogens is 390 g/mol. The smallest absolute Gasteiger partial charge is 0.231 e. The summed E-state index contributed by atoms with van der Waals surface area (Å²) < 4.78 is 16.1. The summed E-state index contributed by atoms with van der Waals surface area (Å²) in [5.41, 5.74) is 1.67. The number of anilines is 1. The Hall–Kier alpha value is -2.84. The van der Waals surface area contributed by atoms with E-state index in [0.29, 0.717) is 11.5 Å². The number of likely N-dealkylation sites (tertiary alicyclic amines) is 1. The van der Waals surface area contributed by atoms with Crippen LogP contribution >= 0.6 is 11.3 Å². The van der Waals surface area contributed by atoms with Crippen molar-refractivity contribution in [1.29, 1.82) is 0 Å². The first-order valence-electron chi connectivity index (χ1n) is 9.67. The number of ether oxygens (including phenoxy) is 2. The highest BCUT2D eigenvalue weighted by atomic mass is 32.1. The molecule has 3 aromatic rings. The van der Waals surface area contributed by atoms with Gasteiger partial charge < -0.3 is 19.3 Å². The van der Waals surface area contributed by atoms with E-state index in [0.717, 1.165) is 54.5 Å². The Morgan fingerprint density at radius 3 is 2.86 bits per heavy atom. The first kappa shape index (κ1) is 18.2. The summed E-state index contributed by atoms with van der Waals surface area (Å²) in [4.78, 5) is 16.0. The van der Waals surface area contributed by atoms with Gasteiger partial charge in [0.15, 0.2) is 17.3 Å². The van der Waals surface area contributed by atoms with Crippen molar-refractivity contribution in [2.45, 2.75) is 19.4 Å². The van der Waals surface area contributed by atoms with Crippen LogP contribution in [0, 0.1) is 5.92 Å². The Kier molecular flexibility index (Phi) is 4.95. The molecule has 0 spiro atoms. The lowest BCUT2D eigenvalue weighted by molar-refractivity contribution is -0.121. The van der Waals surface area contributed by atoms with Gasteiger partial charge in [-0.25, -0.2) is 0 Å². The van der Waals surface area contributed by atoms with Crippen molar-refractivity contribution >= 4 is 22.9 Å². The SMILES string of the molecule is O=C(Nc1ccc2c(c1)OCO2)C1CCN(Cc2cc(-c3cccs3)on2)CC1. The Bertz CT molecular complexity index is 993. The highest BCUT2D eigenvalue weighted by Crippen LogP contribution is 2.34. The van der Waals surface area contributed by atoms with E-state index in [-0.39, 0.29) is 18.6 Å². The minimum atomic E-state index is 0.00987. The number of amides is 1. The summed E-state index contributed by atoms with van der Waals surface area (Å²) in [7, 11) is 0. The van der Waals surface area contributed by atoms with E-state index >= 15 is 0 Å². The van der Waals surface area contributed by atoms with Crippen LogP contribution in [0.5, 0.6) is 11.5 Å². The molecule has 0 atom stereocenters. The van der Waals surface area contributed by atoms with Gasteiger partial charge in [0, 0.05) is 30.3 Å². The van der Waals surface area contributed by atoms with Crippen molar-refractivity contribution in [3.8, 4) is 22.1 Å². The lowest BCUT2D eigenvalue weighted by Crippen LogP contribution is -2.37. The van der Waals surface area contributed by atoms with E-state index < -0.39 is 0 Å². The Labute approximate surface area is 172 Å². The normalized spacial score (nSPS) is 16.8. The number of thiophene rings is 1. The van der Waals surface area contributed by atoms with Crippen LogP contribution in [0.2, 0.25) is 0 Å².